The number of nitrogens with one attached hydrogen (secondary N) is 1. The molecular weight excluding hydrogens is 264 g/mol. The SMILES string of the molecule is Cc1ccc(F)c(NC(=O)c2ccc(Cl)o2)c1F. The fraction of sp³-hybridized carbons (Fsp3) is 0.0833. The van der Waals surface area contributed by atoms with Crippen LogP contribution in [0, 0.1) is 18.6 Å². The standard InChI is InChI=1S/C12H8ClF2NO2/c1-6-2-3-7(14)11(10(6)15)16-12(17)8-4-5-9(13)18-8/h2-5H,1H3,(H,16,17). The van der Waals surface area contributed by atoms with Crippen molar-refractivity contribution in [3.8, 4) is 0 Å². The predicted molar refractivity (Wildman–Crippen MR) is 62.8 cm³/mol. The number of hydrogen-bond donors (Lipinski definition) is 1. The van der Waals surface area contributed by atoms with Crippen molar-refractivity contribution in [2.75, 3.05) is 5.32 Å². The van der Waals surface area contributed by atoms with E-state index in [4.69, 9.17) is 16.0 Å². The zero-order valence-electron chi connectivity index (χ0n) is 9.26. The van der Waals surface area contributed by atoms with Gasteiger partial charge < -0.3 is 9.73 Å². The van der Waals surface area contributed by atoms with Crippen LogP contribution in [0.25, 0.3) is 0 Å². The summed E-state index contributed by atoms with van der Waals surface area (Å²) in [7, 11) is 0. The molecule has 0 spiro atoms. The number of furan rings is 1. The lowest BCUT2D eigenvalue weighted by Gasteiger charge is -2.07. The van der Waals surface area contributed by atoms with Crippen molar-refractivity contribution in [3.05, 3.63) is 52.4 Å². The second kappa shape index (κ2) is 4.78. The van der Waals surface area contributed by atoms with Crippen LogP contribution in [0.5, 0.6) is 0 Å². The van der Waals surface area contributed by atoms with Crippen LogP contribution < -0.4 is 5.32 Å². The first-order chi connectivity index (χ1) is 8.49. The second-order valence-electron chi connectivity index (χ2n) is 3.61. The van der Waals surface area contributed by atoms with E-state index in [1.165, 1.54) is 25.1 Å². The molecule has 0 fully saturated rings. The molecule has 1 aromatic heterocycles. The monoisotopic (exact) mass is 271 g/mol. The first-order valence-corrected chi connectivity index (χ1v) is 5.38. The van der Waals surface area contributed by atoms with Crippen molar-refractivity contribution >= 4 is 23.2 Å². The highest BCUT2D eigenvalue weighted by atomic mass is 35.5. The van der Waals surface area contributed by atoms with Crippen LogP contribution >= 0.6 is 11.6 Å². The minimum Gasteiger partial charge on any atom is -0.440 e. The molecule has 2 aromatic rings. The summed E-state index contributed by atoms with van der Waals surface area (Å²) in [4.78, 5) is 11.6. The Kier molecular flexibility index (Phi) is 3.34. The molecule has 2 rings (SSSR count). The van der Waals surface area contributed by atoms with Crippen molar-refractivity contribution in [1.82, 2.24) is 0 Å². The number of carbonyl (C=O) groups is 1. The van der Waals surface area contributed by atoms with E-state index in [1.807, 2.05) is 0 Å². The lowest BCUT2D eigenvalue weighted by molar-refractivity contribution is 0.0995. The Morgan fingerprint density at radius 2 is 2.00 bits per heavy atom. The number of amides is 1. The Hall–Kier alpha value is -1.88. The van der Waals surface area contributed by atoms with Gasteiger partial charge in [-0.2, -0.15) is 0 Å². The van der Waals surface area contributed by atoms with E-state index in [0.29, 0.717) is 0 Å². The van der Waals surface area contributed by atoms with E-state index in [1.54, 1.807) is 0 Å². The molecule has 0 unspecified atom stereocenters. The largest absolute Gasteiger partial charge is 0.440 e. The molecule has 1 aromatic carbocycles. The Morgan fingerprint density at radius 3 is 2.61 bits per heavy atom. The van der Waals surface area contributed by atoms with Gasteiger partial charge >= 0.3 is 0 Å². The van der Waals surface area contributed by atoms with E-state index in [9.17, 15) is 13.6 Å². The minimum absolute atomic E-state index is 0.0188. The molecule has 1 N–H and O–H groups in total. The summed E-state index contributed by atoms with van der Waals surface area (Å²) in [6.45, 7) is 1.47. The van der Waals surface area contributed by atoms with Crippen molar-refractivity contribution in [2.45, 2.75) is 6.92 Å². The molecule has 0 saturated carbocycles. The van der Waals surface area contributed by atoms with Gasteiger partial charge in [-0.25, -0.2) is 8.78 Å². The zero-order valence-corrected chi connectivity index (χ0v) is 10.0. The molecule has 6 heteroatoms. The average Bonchev–Trinajstić information content (AvgIpc) is 2.76. The maximum atomic E-state index is 13.6. The van der Waals surface area contributed by atoms with Crippen LogP contribution in [-0.2, 0) is 0 Å². The molecule has 0 aliphatic rings. The molecule has 94 valence electrons. The summed E-state index contributed by atoms with van der Waals surface area (Å²) in [5, 5.41) is 2.13. The maximum Gasteiger partial charge on any atom is 0.291 e. The molecule has 1 heterocycles. The highest BCUT2D eigenvalue weighted by Gasteiger charge is 2.17. The summed E-state index contributed by atoms with van der Waals surface area (Å²) in [5.41, 5.74) is -0.281. The Bertz CT molecular complexity index is 610. The molecule has 0 saturated heterocycles. The minimum atomic E-state index is -0.857. The van der Waals surface area contributed by atoms with Crippen molar-refractivity contribution in [3.63, 3.8) is 0 Å². The van der Waals surface area contributed by atoms with Gasteiger partial charge in [0, 0.05) is 0 Å². The van der Waals surface area contributed by atoms with Gasteiger partial charge in [0.2, 0.25) is 0 Å². The van der Waals surface area contributed by atoms with Gasteiger partial charge in [0.25, 0.3) is 5.91 Å². The third-order valence-corrected chi connectivity index (χ3v) is 2.52. The van der Waals surface area contributed by atoms with Crippen molar-refractivity contribution < 1.29 is 18.0 Å². The number of halogens is 3. The number of anilines is 1. The molecule has 0 aliphatic heterocycles. The third-order valence-electron chi connectivity index (χ3n) is 2.32. The summed E-state index contributed by atoms with van der Waals surface area (Å²) in [6, 6.07) is 5.02. The van der Waals surface area contributed by atoms with Crippen LogP contribution in [0.3, 0.4) is 0 Å². The van der Waals surface area contributed by atoms with Crippen molar-refractivity contribution in [1.29, 1.82) is 0 Å². The van der Waals surface area contributed by atoms with Gasteiger partial charge in [-0.1, -0.05) is 6.07 Å². The fourth-order valence-electron chi connectivity index (χ4n) is 1.38. The first-order valence-electron chi connectivity index (χ1n) is 5.00. The van der Waals surface area contributed by atoms with Crippen LogP contribution in [0.15, 0.2) is 28.7 Å². The number of hydrogen-bond acceptors (Lipinski definition) is 2. The van der Waals surface area contributed by atoms with Crippen LogP contribution in [0.2, 0.25) is 5.22 Å². The predicted octanol–water partition coefficient (Wildman–Crippen LogP) is 3.77. The quantitative estimate of drug-likeness (QED) is 0.903. The molecule has 0 bridgehead atoms. The molecule has 0 atom stereocenters. The molecule has 0 radical (unpaired) electrons. The highest BCUT2D eigenvalue weighted by molar-refractivity contribution is 6.29. The van der Waals surface area contributed by atoms with Crippen molar-refractivity contribution in [2.24, 2.45) is 0 Å². The number of rotatable bonds is 2. The van der Waals surface area contributed by atoms with Gasteiger partial charge in [0.15, 0.2) is 16.8 Å². The van der Waals surface area contributed by atoms with Crippen LogP contribution in [0.4, 0.5) is 14.5 Å². The summed E-state index contributed by atoms with van der Waals surface area (Å²) in [5.74, 6) is -2.57. The Morgan fingerprint density at radius 1 is 1.28 bits per heavy atom. The average molecular weight is 272 g/mol. The Balaban J connectivity index is 2.30. The number of aryl methyl sites for hydroxylation is 1. The van der Waals surface area contributed by atoms with Crippen LogP contribution in [-0.4, -0.2) is 5.91 Å². The van der Waals surface area contributed by atoms with Gasteiger partial charge in [-0.05, 0) is 42.3 Å². The van der Waals surface area contributed by atoms with Gasteiger partial charge in [-0.15, -0.1) is 0 Å². The van der Waals surface area contributed by atoms with Gasteiger partial charge in [0.05, 0.1) is 0 Å². The molecule has 0 aliphatic carbocycles. The molecule has 3 nitrogen and oxygen atoms in total. The first kappa shape index (κ1) is 12.6. The van der Waals surface area contributed by atoms with Gasteiger partial charge in [-0.3, -0.25) is 4.79 Å². The highest BCUT2D eigenvalue weighted by Crippen LogP contribution is 2.23. The van der Waals surface area contributed by atoms with Crippen LogP contribution in [0.1, 0.15) is 16.1 Å². The van der Waals surface area contributed by atoms with E-state index in [2.05, 4.69) is 5.32 Å². The summed E-state index contributed by atoms with van der Waals surface area (Å²) < 4.78 is 31.9. The summed E-state index contributed by atoms with van der Waals surface area (Å²) in [6.07, 6.45) is 0. The van der Waals surface area contributed by atoms with E-state index in [0.717, 1.165) is 6.07 Å². The summed E-state index contributed by atoms with van der Waals surface area (Å²) >= 11 is 5.50. The molecular formula is C12H8ClF2NO2. The number of benzene rings is 1. The van der Waals surface area contributed by atoms with E-state index in [-0.39, 0.29) is 16.5 Å². The van der Waals surface area contributed by atoms with Gasteiger partial charge in [0.1, 0.15) is 11.5 Å². The molecule has 18 heavy (non-hydrogen) atoms. The number of carbonyl (C=O) groups excluding carboxylic acids is 1. The van der Waals surface area contributed by atoms with E-state index < -0.39 is 23.2 Å². The fourth-order valence-corrected chi connectivity index (χ4v) is 1.53. The lowest BCUT2D eigenvalue weighted by Crippen LogP contribution is -2.14. The smallest absolute Gasteiger partial charge is 0.291 e. The normalized spacial score (nSPS) is 10.4. The molecule has 1 amide bonds. The maximum absolute atomic E-state index is 13.6. The Labute approximate surface area is 106 Å². The second-order valence-corrected chi connectivity index (χ2v) is 3.98. The third kappa shape index (κ3) is 2.36. The zero-order chi connectivity index (χ0) is 13.3. The lowest BCUT2D eigenvalue weighted by atomic mass is 10.2. The van der Waals surface area contributed by atoms with E-state index >= 15 is 0 Å². The topological polar surface area (TPSA) is 42.2 Å².